The Morgan fingerprint density at radius 2 is 2.17 bits per heavy atom. The number of amides is 1. The van der Waals surface area contributed by atoms with Crippen molar-refractivity contribution in [2.24, 2.45) is 5.92 Å². The SMILES string of the molecule is CCCNC(=O)c1ccc(N2CCC(C3CCCO3)CC2)nc1. The average molecular weight is 317 g/mol. The van der Waals surface area contributed by atoms with Crippen LogP contribution in [0.1, 0.15) is 49.4 Å². The van der Waals surface area contributed by atoms with Gasteiger partial charge in [-0.3, -0.25) is 4.79 Å². The van der Waals surface area contributed by atoms with Crippen LogP contribution in [0.5, 0.6) is 0 Å². The van der Waals surface area contributed by atoms with Crippen LogP contribution in [0.2, 0.25) is 0 Å². The molecule has 126 valence electrons. The number of rotatable bonds is 5. The molecular formula is C18H27N3O2. The molecule has 5 heteroatoms. The predicted molar refractivity (Wildman–Crippen MR) is 90.8 cm³/mol. The molecule has 0 radical (unpaired) electrons. The zero-order valence-corrected chi connectivity index (χ0v) is 14.0. The summed E-state index contributed by atoms with van der Waals surface area (Å²) in [6.07, 6.45) is 7.90. The lowest BCUT2D eigenvalue weighted by atomic mass is 9.90. The summed E-state index contributed by atoms with van der Waals surface area (Å²) < 4.78 is 5.83. The van der Waals surface area contributed by atoms with Gasteiger partial charge in [0.25, 0.3) is 5.91 Å². The second-order valence-electron chi connectivity index (χ2n) is 6.54. The van der Waals surface area contributed by atoms with Gasteiger partial charge < -0.3 is 15.0 Å². The highest BCUT2D eigenvalue weighted by atomic mass is 16.5. The molecule has 0 bridgehead atoms. The van der Waals surface area contributed by atoms with Gasteiger partial charge in [-0.25, -0.2) is 4.98 Å². The fourth-order valence-electron chi connectivity index (χ4n) is 3.52. The van der Waals surface area contributed by atoms with Crippen LogP contribution in [0.4, 0.5) is 5.82 Å². The lowest BCUT2D eigenvalue weighted by Gasteiger charge is -2.35. The number of hydrogen-bond acceptors (Lipinski definition) is 4. The largest absolute Gasteiger partial charge is 0.378 e. The van der Waals surface area contributed by atoms with E-state index in [-0.39, 0.29) is 5.91 Å². The third kappa shape index (κ3) is 4.02. The monoisotopic (exact) mass is 317 g/mol. The van der Waals surface area contributed by atoms with E-state index in [2.05, 4.69) is 15.2 Å². The smallest absolute Gasteiger partial charge is 0.252 e. The summed E-state index contributed by atoms with van der Waals surface area (Å²) in [5.41, 5.74) is 0.636. The van der Waals surface area contributed by atoms with E-state index in [0.29, 0.717) is 24.1 Å². The molecular weight excluding hydrogens is 290 g/mol. The topological polar surface area (TPSA) is 54.5 Å². The Balaban J connectivity index is 1.53. The molecule has 0 spiro atoms. The number of piperidine rings is 1. The first-order valence-corrected chi connectivity index (χ1v) is 8.88. The molecule has 3 heterocycles. The minimum Gasteiger partial charge on any atom is -0.378 e. The Bertz CT molecular complexity index is 504. The molecule has 2 aliphatic rings. The van der Waals surface area contributed by atoms with Crippen LogP contribution in [0.3, 0.4) is 0 Å². The standard InChI is InChI=1S/C18H27N3O2/c1-2-9-19-18(22)15-5-6-17(20-13-15)21-10-7-14(8-11-21)16-4-3-12-23-16/h5-6,13-14,16H,2-4,7-12H2,1H3,(H,19,22). The average Bonchev–Trinajstić information content (AvgIpc) is 3.14. The fraction of sp³-hybridized carbons (Fsp3) is 0.667. The molecule has 3 rings (SSSR count). The van der Waals surface area contributed by atoms with Crippen molar-refractivity contribution < 1.29 is 9.53 Å². The van der Waals surface area contributed by atoms with E-state index in [9.17, 15) is 4.79 Å². The number of hydrogen-bond donors (Lipinski definition) is 1. The van der Waals surface area contributed by atoms with Gasteiger partial charge in [0, 0.05) is 32.4 Å². The first-order chi connectivity index (χ1) is 11.3. The number of carbonyl (C=O) groups excluding carboxylic acids is 1. The molecule has 1 amide bonds. The van der Waals surface area contributed by atoms with E-state index in [1.54, 1.807) is 6.20 Å². The number of anilines is 1. The summed E-state index contributed by atoms with van der Waals surface area (Å²) in [6, 6.07) is 3.84. The highest BCUT2D eigenvalue weighted by Gasteiger charge is 2.29. The Morgan fingerprint density at radius 1 is 1.35 bits per heavy atom. The van der Waals surface area contributed by atoms with Crippen molar-refractivity contribution in [2.45, 2.75) is 45.1 Å². The molecule has 0 saturated carbocycles. The Kier molecular flexibility index (Phi) is 5.49. The molecule has 1 atom stereocenters. The van der Waals surface area contributed by atoms with Gasteiger partial charge in [0.15, 0.2) is 0 Å². The van der Waals surface area contributed by atoms with E-state index in [0.717, 1.165) is 31.9 Å². The van der Waals surface area contributed by atoms with Gasteiger partial charge in [0.2, 0.25) is 0 Å². The molecule has 5 nitrogen and oxygen atoms in total. The Labute approximate surface area is 138 Å². The van der Waals surface area contributed by atoms with E-state index in [4.69, 9.17) is 4.74 Å². The summed E-state index contributed by atoms with van der Waals surface area (Å²) in [7, 11) is 0. The minimum atomic E-state index is -0.0389. The van der Waals surface area contributed by atoms with Crippen LogP contribution in [-0.2, 0) is 4.74 Å². The van der Waals surface area contributed by atoms with Crippen molar-refractivity contribution in [3.05, 3.63) is 23.9 Å². The highest BCUT2D eigenvalue weighted by Crippen LogP contribution is 2.30. The zero-order valence-electron chi connectivity index (χ0n) is 14.0. The Hall–Kier alpha value is -1.62. The third-order valence-corrected chi connectivity index (χ3v) is 4.90. The summed E-state index contributed by atoms with van der Waals surface area (Å²) in [5.74, 6) is 1.64. The molecule has 1 unspecified atom stereocenters. The number of ether oxygens (including phenoxy) is 1. The van der Waals surface area contributed by atoms with Gasteiger partial charge in [0.1, 0.15) is 5.82 Å². The second-order valence-corrected chi connectivity index (χ2v) is 6.54. The lowest BCUT2D eigenvalue weighted by Crippen LogP contribution is -2.38. The molecule has 23 heavy (non-hydrogen) atoms. The zero-order chi connectivity index (χ0) is 16.1. The molecule has 0 aromatic carbocycles. The molecule has 1 aromatic rings. The van der Waals surface area contributed by atoms with Gasteiger partial charge in [-0.1, -0.05) is 6.92 Å². The van der Waals surface area contributed by atoms with Gasteiger partial charge >= 0.3 is 0 Å². The minimum absolute atomic E-state index is 0.0389. The van der Waals surface area contributed by atoms with Gasteiger partial charge in [-0.05, 0) is 50.2 Å². The molecule has 1 aromatic heterocycles. The number of pyridine rings is 1. The first-order valence-electron chi connectivity index (χ1n) is 8.88. The van der Waals surface area contributed by atoms with Crippen molar-refractivity contribution in [1.82, 2.24) is 10.3 Å². The van der Waals surface area contributed by atoms with Crippen molar-refractivity contribution in [3.8, 4) is 0 Å². The van der Waals surface area contributed by atoms with E-state index in [1.807, 2.05) is 19.1 Å². The van der Waals surface area contributed by atoms with Crippen molar-refractivity contribution in [3.63, 3.8) is 0 Å². The molecule has 0 aliphatic carbocycles. The lowest BCUT2D eigenvalue weighted by molar-refractivity contribution is 0.0531. The van der Waals surface area contributed by atoms with Crippen LogP contribution < -0.4 is 10.2 Å². The van der Waals surface area contributed by atoms with Crippen LogP contribution in [0.25, 0.3) is 0 Å². The van der Waals surface area contributed by atoms with Crippen molar-refractivity contribution >= 4 is 11.7 Å². The van der Waals surface area contributed by atoms with Gasteiger partial charge in [0.05, 0.1) is 11.7 Å². The predicted octanol–water partition coefficient (Wildman–Crippen LogP) is 2.62. The summed E-state index contributed by atoms with van der Waals surface area (Å²) in [4.78, 5) is 18.7. The highest BCUT2D eigenvalue weighted by molar-refractivity contribution is 5.94. The van der Waals surface area contributed by atoms with Gasteiger partial charge in [-0.15, -0.1) is 0 Å². The van der Waals surface area contributed by atoms with E-state index in [1.165, 1.54) is 25.7 Å². The third-order valence-electron chi connectivity index (χ3n) is 4.90. The second kappa shape index (κ2) is 7.77. The van der Waals surface area contributed by atoms with E-state index >= 15 is 0 Å². The number of nitrogens with zero attached hydrogens (tertiary/aromatic N) is 2. The summed E-state index contributed by atoms with van der Waals surface area (Å²) >= 11 is 0. The normalized spacial score (nSPS) is 22.3. The van der Waals surface area contributed by atoms with E-state index < -0.39 is 0 Å². The molecule has 2 saturated heterocycles. The maximum absolute atomic E-state index is 11.9. The molecule has 2 aliphatic heterocycles. The maximum atomic E-state index is 11.9. The van der Waals surface area contributed by atoms with Crippen LogP contribution in [0.15, 0.2) is 18.3 Å². The van der Waals surface area contributed by atoms with Gasteiger partial charge in [-0.2, -0.15) is 0 Å². The van der Waals surface area contributed by atoms with Crippen molar-refractivity contribution in [1.29, 1.82) is 0 Å². The Morgan fingerprint density at radius 3 is 2.78 bits per heavy atom. The first kappa shape index (κ1) is 16.2. The molecule has 1 N–H and O–H groups in total. The van der Waals surface area contributed by atoms with Crippen LogP contribution in [0, 0.1) is 5.92 Å². The number of carbonyl (C=O) groups is 1. The van der Waals surface area contributed by atoms with Crippen molar-refractivity contribution in [2.75, 3.05) is 31.1 Å². The summed E-state index contributed by atoms with van der Waals surface area (Å²) in [6.45, 7) is 5.74. The van der Waals surface area contributed by atoms with Crippen LogP contribution in [-0.4, -0.2) is 43.2 Å². The quantitative estimate of drug-likeness (QED) is 0.907. The number of nitrogens with one attached hydrogen (secondary N) is 1. The number of aromatic nitrogens is 1. The maximum Gasteiger partial charge on any atom is 0.252 e. The summed E-state index contributed by atoms with van der Waals surface area (Å²) in [5, 5.41) is 2.88. The molecule has 2 fully saturated rings. The fourth-order valence-corrected chi connectivity index (χ4v) is 3.52. The van der Waals surface area contributed by atoms with Crippen LogP contribution >= 0.6 is 0 Å².